The lowest BCUT2D eigenvalue weighted by molar-refractivity contribution is 0.812. The molecule has 0 saturated heterocycles. The van der Waals surface area contributed by atoms with Crippen LogP contribution in [0.3, 0.4) is 0 Å². The van der Waals surface area contributed by atoms with Gasteiger partial charge in [-0.3, -0.25) is 0 Å². The minimum Gasteiger partial charge on any atom is -0.330 e. The van der Waals surface area contributed by atoms with Gasteiger partial charge in [0, 0.05) is 16.9 Å². The van der Waals surface area contributed by atoms with Crippen LogP contribution in [0.1, 0.15) is 11.4 Å². The smallest absolute Gasteiger partial charge is 0.147 e. The Morgan fingerprint density at radius 1 is 1.24 bits per heavy atom. The van der Waals surface area contributed by atoms with Crippen LogP contribution in [0.5, 0.6) is 0 Å². The van der Waals surface area contributed by atoms with E-state index in [-0.39, 0.29) is 0 Å². The van der Waals surface area contributed by atoms with Gasteiger partial charge in [0.15, 0.2) is 0 Å². The van der Waals surface area contributed by atoms with E-state index in [1.165, 1.54) is 4.90 Å². The fourth-order valence-electron chi connectivity index (χ4n) is 1.46. The molecular weight excluding hydrogens is 250 g/mol. The molecule has 0 aliphatic rings. The van der Waals surface area contributed by atoms with Crippen LogP contribution >= 0.6 is 23.1 Å². The third-order valence-corrected chi connectivity index (χ3v) is 4.17. The molecule has 5 heteroatoms. The van der Waals surface area contributed by atoms with Crippen LogP contribution < -0.4 is 5.73 Å². The zero-order valence-electron chi connectivity index (χ0n) is 9.72. The minimum absolute atomic E-state index is 0.706. The van der Waals surface area contributed by atoms with Crippen LogP contribution in [0.2, 0.25) is 0 Å². The molecule has 0 saturated carbocycles. The highest BCUT2D eigenvalue weighted by Gasteiger charge is 2.06. The number of thioether (sulfide) groups is 1. The van der Waals surface area contributed by atoms with E-state index in [0.29, 0.717) is 6.54 Å². The van der Waals surface area contributed by atoms with Crippen LogP contribution in [-0.4, -0.2) is 23.0 Å². The number of aryl methyl sites for hydroxylation is 1. The normalized spacial score (nSPS) is 10.7. The first kappa shape index (κ1) is 12.5. The highest BCUT2D eigenvalue weighted by molar-refractivity contribution is 7.98. The van der Waals surface area contributed by atoms with Crippen LogP contribution in [-0.2, 0) is 6.42 Å². The molecule has 0 unspecified atom stereocenters. The molecule has 2 aromatic rings. The summed E-state index contributed by atoms with van der Waals surface area (Å²) in [6.45, 7) is 0.706. The van der Waals surface area contributed by atoms with Crippen molar-refractivity contribution in [2.45, 2.75) is 17.7 Å². The van der Waals surface area contributed by atoms with E-state index in [1.807, 2.05) is 0 Å². The van der Waals surface area contributed by atoms with Gasteiger partial charge in [0.1, 0.15) is 10.0 Å². The van der Waals surface area contributed by atoms with Gasteiger partial charge in [0.05, 0.1) is 0 Å². The third-order valence-electron chi connectivity index (χ3n) is 2.40. The first-order valence-corrected chi connectivity index (χ1v) is 7.54. The molecule has 1 aromatic heterocycles. The van der Waals surface area contributed by atoms with Gasteiger partial charge < -0.3 is 5.73 Å². The molecule has 1 heterocycles. The van der Waals surface area contributed by atoms with E-state index in [2.05, 4.69) is 40.7 Å². The Kier molecular flexibility index (Phi) is 4.53. The van der Waals surface area contributed by atoms with Gasteiger partial charge in [-0.2, -0.15) is 0 Å². The molecule has 0 aliphatic heterocycles. The maximum Gasteiger partial charge on any atom is 0.147 e. The number of benzene rings is 1. The topological polar surface area (TPSA) is 51.8 Å². The number of hydrogen-bond donors (Lipinski definition) is 1. The summed E-state index contributed by atoms with van der Waals surface area (Å²) in [5.41, 5.74) is 6.62. The lowest BCUT2D eigenvalue weighted by Crippen LogP contribution is -1.99. The van der Waals surface area contributed by atoms with Gasteiger partial charge in [-0.1, -0.05) is 23.5 Å². The van der Waals surface area contributed by atoms with Crippen molar-refractivity contribution in [1.29, 1.82) is 0 Å². The molecule has 17 heavy (non-hydrogen) atoms. The molecular formula is C12H15N3S2. The largest absolute Gasteiger partial charge is 0.330 e. The van der Waals surface area contributed by atoms with Gasteiger partial charge in [0.2, 0.25) is 0 Å². The Morgan fingerprint density at radius 3 is 2.65 bits per heavy atom. The van der Waals surface area contributed by atoms with Crippen molar-refractivity contribution in [3.63, 3.8) is 0 Å². The van der Waals surface area contributed by atoms with E-state index in [4.69, 9.17) is 5.73 Å². The van der Waals surface area contributed by atoms with Gasteiger partial charge >= 0.3 is 0 Å². The number of aromatic nitrogens is 2. The average molecular weight is 265 g/mol. The van der Waals surface area contributed by atoms with Crippen LogP contribution in [0.4, 0.5) is 0 Å². The highest BCUT2D eigenvalue weighted by Crippen LogP contribution is 2.26. The van der Waals surface area contributed by atoms with Gasteiger partial charge in [-0.05, 0) is 31.4 Å². The SMILES string of the molecule is CSc1ccc(-c2nnc(CCCN)s2)cc1. The van der Waals surface area contributed by atoms with E-state index < -0.39 is 0 Å². The third kappa shape index (κ3) is 3.28. The summed E-state index contributed by atoms with van der Waals surface area (Å²) in [4.78, 5) is 1.27. The maximum atomic E-state index is 5.48. The van der Waals surface area contributed by atoms with Crippen LogP contribution in [0.15, 0.2) is 29.2 Å². The molecule has 3 nitrogen and oxygen atoms in total. The Hall–Kier alpha value is -0.910. The second-order valence-electron chi connectivity index (χ2n) is 3.62. The summed E-state index contributed by atoms with van der Waals surface area (Å²) in [5, 5.41) is 10.5. The Morgan fingerprint density at radius 2 is 2.00 bits per heavy atom. The van der Waals surface area contributed by atoms with Crippen molar-refractivity contribution < 1.29 is 0 Å². The molecule has 0 atom stereocenters. The van der Waals surface area contributed by atoms with Crippen LogP contribution in [0, 0.1) is 0 Å². The van der Waals surface area contributed by atoms with Crippen LogP contribution in [0.25, 0.3) is 10.6 Å². The molecule has 0 radical (unpaired) electrons. The van der Waals surface area contributed by atoms with E-state index in [1.54, 1.807) is 23.1 Å². The van der Waals surface area contributed by atoms with Crippen molar-refractivity contribution in [3.8, 4) is 10.6 Å². The lowest BCUT2D eigenvalue weighted by atomic mass is 10.2. The fourth-order valence-corrected chi connectivity index (χ4v) is 2.75. The Balaban J connectivity index is 2.12. The van der Waals surface area contributed by atoms with Crippen molar-refractivity contribution in [2.75, 3.05) is 12.8 Å². The first-order chi connectivity index (χ1) is 8.33. The number of nitrogens with two attached hydrogens (primary N) is 1. The average Bonchev–Trinajstić information content (AvgIpc) is 2.85. The molecule has 1 aromatic carbocycles. The van der Waals surface area contributed by atoms with E-state index in [9.17, 15) is 0 Å². The second-order valence-corrected chi connectivity index (χ2v) is 5.56. The molecule has 2 N–H and O–H groups in total. The molecule has 0 aliphatic carbocycles. The number of hydrogen-bond acceptors (Lipinski definition) is 5. The lowest BCUT2D eigenvalue weighted by Gasteiger charge is -1.97. The van der Waals surface area contributed by atoms with Crippen molar-refractivity contribution >= 4 is 23.1 Å². The molecule has 90 valence electrons. The molecule has 0 amide bonds. The quantitative estimate of drug-likeness (QED) is 0.845. The molecule has 0 fully saturated rings. The first-order valence-electron chi connectivity index (χ1n) is 5.50. The zero-order chi connectivity index (χ0) is 12.1. The standard InChI is InChI=1S/C12H15N3S2/c1-16-10-6-4-9(5-7-10)12-15-14-11(17-12)3-2-8-13/h4-7H,2-3,8,13H2,1H3. The summed E-state index contributed by atoms with van der Waals surface area (Å²) in [7, 11) is 0. The number of nitrogens with zero attached hydrogens (tertiary/aromatic N) is 2. The van der Waals surface area contributed by atoms with Crippen molar-refractivity contribution in [1.82, 2.24) is 10.2 Å². The van der Waals surface area contributed by atoms with E-state index >= 15 is 0 Å². The Labute approximate surface area is 109 Å². The maximum absolute atomic E-state index is 5.48. The van der Waals surface area contributed by atoms with Gasteiger partial charge in [0.25, 0.3) is 0 Å². The van der Waals surface area contributed by atoms with Gasteiger partial charge in [-0.25, -0.2) is 0 Å². The monoisotopic (exact) mass is 265 g/mol. The summed E-state index contributed by atoms with van der Waals surface area (Å²) >= 11 is 3.40. The summed E-state index contributed by atoms with van der Waals surface area (Å²) in [6.07, 6.45) is 3.97. The Bertz CT molecular complexity index is 465. The predicted octanol–water partition coefficient (Wildman–Crippen LogP) is 2.82. The summed E-state index contributed by atoms with van der Waals surface area (Å²) in [6, 6.07) is 8.42. The van der Waals surface area contributed by atoms with Gasteiger partial charge in [-0.15, -0.1) is 22.0 Å². The van der Waals surface area contributed by atoms with Crippen molar-refractivity contribution in [2.24, 2.45) is 5.73 Å². The number of rotatable bonds is 5. The molecule has 0 spiro atoms. The predicted molar refractivity (Wildman–Crippen MR) is 74.5 cm³/mol. The zero-order valence-corrected chi connectivity index (χ0v) is 11.4. The summed E-state index contributed by atoms with van der Waals surface area (Å²) in [5.74, 6) is 0. The summed E-state index contributed by atoms with van der Waals surface area (Å²) < 4.78 is 0. The minimum atomic E-state index is 0.706. The van der Waals surface area contributed by atoms with Crippen molar-refractivity contribution in [3.05, 3.63) is 29.3 Å². The fraction of sp³-hybridized carbons (Fsp3) is 0.333. The van der Waals surface area contributed by atoms with E-state index in [0.717, 1.165) is 28.4 Å². The molecule has 2 rings (SSSR count). The molecule has 0 bridgehead atoms. The second kappa shape index (κ2) is 6.14. The highest BCUT2D eigenvalue weighted by atomic mass is 32.2.